The van der Waals surface area contributed by atoms with Gasteiger partial charge in [0.25, 0.3) is 0 Å². The lowest BCUT2D eigenvalue weighted by Crippen LogP contribution is -2.24. The molecule has 0 N–H and O–H groups in total. The van der Waals surface area contributed by atoms with Gasteiger partial charge in [-0.25, -0.2) is 0 Å². The molecule has 32 heavy (non-hydrogen) atoms. The van der Waals surface area contributed by atoms with E-state index in [1.807, 2.05) is 47.8 Å². The van der Waals surface area contributed by atoms with E-state index in [-0.39, 0.29) is 29.3 Å². The van der Waals surface area contributed by atoms with Crippen molar-refractivity contribution in [1.82, 2.24) is 0 Å². The average molecular weight is 444 g/mol. The Morgan fingerprint density at radius 3 is 2.44 bits per heavy atom. The molecule has 3 aromatic rings. The van der Waals surface area contributed by atoms with Crippen molar-refractivity contribution in [3.05, 3.63) is 81.0 Å². The molecule has 0 saturated carbocycles. The van der Waals surface area contributed by atoms with Crippen molar-refractivity contribution in [1.29, 1.82) is 0 Å². The summed E-state index contributed by atoms with van der Waals surface area (Å²) in [6.45, 7) is 7.87. The van der Waals surface area contributed by atoms with Crippen LogP contribution in [0.3, 0.4) is 0 Å². The zero-order valence-corrected chi connectivity index (χ0v) is 19.5. The monoisotopic (exact) mass is 443 g/mol. The molecule has 1 aliphatic rings. The quantitative estimate of drug-likeness (QED) is 0.474. The number of nitrogens with zero attached hydrogens (tertiary/aromatic N) is 1. The number of ketones is 3. The Labute approximate surface area is 192 Å². The maximum Gasteiger partial charge on any atom is 0.212 e. The number of fused-ring (bicyclic) bond motifs is 1. The molecule has 0 bridgehead atoms. The van der Waals surface area contributed by atoms with Gasteiger partial charge in [-0.1, -0.05) is 63.2 Å². The van der Waals surface area contributed by atoms with Crippen LogP contribution in [0.1, 0.15) is 64.4 Å². The topological polar surface area (TPSA) is 63.6 Å². The first-order chi connectivity index (χ1) is 15.1. The van der Waals surface area contributed by atoms with Gasteiger partial charge in [-0.2, -0.15) is 0 Å². The van der Waals surface area contributed by atoms with Crippen molar-refractivity contribution in [2.24, 2.45) is 4.99 Å². The van der Waals surface area contributed by atoms with Gasteiger partial charge in [0.1, 0.15) is 18.0 Å². The van der Waals surface area contributed by atoms with Crippen LogP contribution in [0.4, 0.5) is 0 Å². The van der Waals surface area contributed by atoms with Crippen molar-refractivity contribution in [3.63, 3.8) is 0 Å². The van der Waals surface area contributed by atoms with Crippen LogP contribution in [0.15, 0.2) is 58.9 Å². The second-order valence-electron chi connectivity index (χ2n) is 9.18. The van der Waals surface area contributed by atoms with Gasteiger partial charge in [-0.05, 0) is 35.1 Å². The van der Waals surface area contributed by atoms with Crippen LogP contribution in [-0.2, 0) is 16.6 Å². The number of aliphatic imine (C=N–C) groups is 1. The van der Waals surface area contributed by atoms with E-state index in [0.717, 1.165) is 22.3 Å². The maximum atomic E-state index is 13.4. The summed E-state index contributed by atoms with van der Waals surface area (Å²) in [6, 6.07) is 15.3. The highest BCUT2D eigenvalue weighted by molar-refractivity contribution is 7.14. The van der Waals surface area contributed by atoms with Crippen LogP contribution < -0.4 is 0 Å². The second-order valence-corrected chi connectivity index (χ2v) is 10.1. The molecular formula is C27H25NO3S. The average Bonchev–Trinajstić information content (AvgIpc) is 3.19. The first kappa shape index (κ1) is 22.0. The Kier molecular flexibility index (Phi) is 5.78. The van der Waals surface area contributed by atoms with Crippen molar-refractivity contribution in [3.8, 4) is 11.1 Å². The summed E-state index contributed by atoms with van der Waals surface area (Å²) in [5.41, 5.74) is 5.16. The van der Waals surface area contributed by atoms with E-state index in [1.54, 1.807) is 13.0 Å². The molecule has 0 fully saturated rings. The van der Waals surface area contributed by atoms with Crippen LogP contribution in [0.5, 0.6) is 0 Å². The van der Waals surface area contributed by atoms with Crippen LogP contribution in [0, 0.1) is 0 Å². The highest BCUT2D eigenvalue weighted by Crippen LogP contribution is 2.35. The number of Topliss-reactive ketones (excluding diaryl/α,β-unsaturated/α-hetero) is 3. The van der Waals surface area contributed by atoms with Crippen molar-refractivity contribution >= 4 is 34.4 Å². The molecule has 0 aliphatic carbocycles. The number of hydrogen-bond donors (Lipinski definition) is 0. The highest BCUT2D eigenvalue weighted by Gasteiger charge is 2.31. The van der Waals surface area contributed by atoms with E-state index in [9.17, 15) is 14.4 Å². The van der Waals surface area contributed by atoms with Crippen molar-refractivity contribution < 1.29 is 14.4 Å². The van der Waals surface area contributed by atoms with E-state index < -0.39 is 0 Å². The van der Waals surface area contributed by atoms with E-state index in [1.165, 1.54) is 11.3 Å². The molecule has 5 heteroatoms. The Bertz CT molecular complexity index is 1260. The minimum Gasteiger partial charge on any atom is -0.300 e. The molecule has 4 nitrogen and oxygen atoms in total. The predicted molar refractivity (Wildman–Crippen MR) is 129 cm³/mol. The van der Waals surface area contributed by atoms with Crippen LogP contribution >= 0.6 is 11.3 Å². The predicted octanol–water partition coefficient (Wildman–Crippen LogP) is 5.71. The summed E-state index contributed by atoms with van der Waals surface area (Å²) >= 11 is 1.38. The third kappa shape index (κ3) is 4.26. The van der Waals surface area contributed by atoms with Crippen LogP contribution in [0.2, 0.25) is 0 Å². The molecule has 2 aromatic carbocycles. The maximum absolute atomic E-state index is 13.4. The van der Waals surface area contributed by atoms with Gasteiger partial charge in [0.15, 0.2) is 5.78 Å². The smallest absolute Gasteiger partial charge is 0.212 e. The first-order valence-corrected chi connectivity index (χ1v) is 11.5. The molecule has 0 amide bonds. The number of carbonyl (C=O) groups is 3. The van der Waals surface area contributed by atoms with E-state index >= 15 is 0 Å². The van der Waals surface area contributed by atoms with Gasteiger partial charge in [0.05, 0.1) is 4.88 Å². The molecule has 0 unspecified atom stereocenters. The third-order valence-corrected chi connectivity index (χ3v) is 6.58. The number of rotatable bonds is 5. The molecule has 0 radical (unpaired) electrons. The lowest BCUT2D eigenvalue weighted by Gasteiger charge is -2.20. The molecule has 0 saturated heterocycles. The van der Waals surface area contributed by atoms with E-state index in [4.69, 9.17) is 0 Å². The Morgan fingerprint density at radius 2 is 1.78 bits per heavy atom. The summed E-state index contributed by atoms with van der Waals surface area (Å²) < 4.78 is 0. The van der Waals surface area contributed by atoms with Crippen LogP contribution in [0.25, 0.3) is 11.1 Å². The second kappa shape index (κ2) is 8.40. The molecule has 4 rings (SSSR count). The minimum atomic E-state index is -0.157. The summed E-state index contributed by atoms with van der Waals surface area (Å²) in [6.07, 6.45) is 0.389. The fourth-order valence-electron chi connectivity index (χ4n) is 3.85. The summed E-state index contributed by atoms with van der Waals surface area (Å²) in [5, 5.41) is 1.92. The Morgan fingerprint density at radius 1 is 1.06 bits per heavy atom. The zero-order chi connectivity index (χ0) is 23.0. The lowest BCUT2D eigenvalue weighted by atomic mass is 9.85. The van der Waals surface area contributed by atoms with Gasteiger partial charge in [-0.15, -0.1) is 11.3 Å². The minimum absolute atomic E-state index is 0.0286. The van der Waals surface area contributed by atoms with Gasteiger partial charge in [0.2, 0.25) is 5.78 Å². The Balaban J connectivity index is 1.70. The molecule has 0 atom stereocenters. The third-order valence-electron chi connectivity index (χ3n) is 5.59. The van der Waals surface area contributed by atoms with Gasteiger partial charge < -0.3 is 0 Å². The van der Waals surface area contributed by atoms with Gasteiger partial charge >= 0.3 is 0 Å². The number of carbonyl (C=O) groups excluding carboxylic acids is 3. The number of hydrogen-bond acceptors (Lipinski definition) is 5. The van der Waals surface area contributed by atoms with E-state index in [0.29, 0.717) is 28.1 Å². The summed E-state index contributed by atoms with van der Waals surface area (Å²) in [7, 11) is 0. The molecule has 1 aliphatic heterocycles. The highest BCUT2D eigenvalue weighted by atomic mass is 32.1. The van der Waals surface area contributed by atoms with Gasteiger partial charge in [-0.3, -0.25) is 19.4 Å². The van der Waals surface area contributed by atoms with Crippen LogP contribution in [-0.4, -0.2) is 29.6 Å². The summed E-state index contributed by atoms with van der Waals surface area (Å²) in [4.78, 5) is 42.5. The fourth-order valence-corrected chi connectivity index (χ4v) is 4.95. The largest absolute Gasteiger partial charge is 0.300 e. The molecule has 162 valence electrons. The normalized spacial score (nSPS) is 13.5. The SMILES string of the molecule is CC(=O)Cc1ccc(-c2csc3c2C(=O)CN=C3C(=O)c2cccc(C(C)(C)C)c2)cc1. The summed E-state index contributed by atoms with van der Waals surface area (Å²) in [5.74, 6) is -0.130. The van der Waals surface area contributed by atoms with E-state index in [2.05, 4.69) is 25.8 Å². The fraction of sp³-hybridized carbons (Fsp3) is 0.259. The Hall–Kier alpha value is -3.18. The molecule has 2 heterocycles. The standard InChI is InChI=1S/C27H25NO3S/c1-16(29)12-17-8-10-18(11-9-17)21-15-32-26-23(21)22(30)14-28-24(26)25(31)19-6-5-7-20(13-19)27(2,3)4/h5-11,13,15H,12,14H2,1-4H3. The van der Waals surface area contributed by atoms with Gasteiger partial charge in [0, 0.05) is 28.5 Å². The lowest BCUT2D eigenvalue weighted by molar-refractivity contribution is -0.116. The first-order valence-electron chi connectivity index (χ1n) is 10.6. The molecule has 0 spiro atoms. The zero-order valence-electron chi connectivity index (χ0n) is 18.7. The molecular weight excluding hydrogens is 418 g/mol. The molecule has 1 aromatic heterocycles. The number of thiophene rings is 1. The van der Waals surface area contributed by atoms with Crippen molar-refractivity contribution in [2.45, 2.75) is 39.5 Å². The van der Waals surface area contributed by atoms with Crippen molar-refractivity contribution in [2.75, 3.05) is 6.54 Å². The number of benzene rings is 2.